The monoisotopic (exact) mass is 306 g/mol. The Kier molecular flexibility index (Phi) is 5.00. The number of aliphatic hydroxyl groups is 1. The van der Waals surface area contributed by atoms with Crippen LogP contribution in [0.25, 0.3) is 0 Å². The Bertz CT molecular complexity index is 445. The summed E-state index contributed by atoms with van der Waals surface area (Å²) in [5.41, 5.74) is 0. The number of hydrogen-bond donors (Lipinski definition) is 3. The van der Waals surface area contributed by atoms with Gasteiger partial charge in [-0.25, -0.2) is 0 Å². The number of piperidine rings is 1. The summed E-state index contributed by atoms with van der Waals surface area (Å²) in [6.07, 6.45) is 3.14. The maximum absolute atomic E-state index is 12.2. The molecule has 0 aromatic heterocycles. The van der Waals surface area contributed by atoms with Gasteiger partial charge in [-0.15, -0.1) is 0 Å². The molecule has 0 radical (unpaired) electrons. The zero-order valence-corrected chi connectivity index (χ0v) is 12.2. The van der Waals surface area contributed by atoms with E-state index in [4.69, 9.17) is 5.11 Å². The van der Waals surface area contributed by atoms with E-state index >= 15 is 0 Å². The lowest BCUT2D eigenvalue weighted by atomic mass is 9.93. The molecule has 0 amide bonds. The van der Waals surface area contributed by atoms with Gasteiger partial charge in [0.2, 0.25) is 0 Å². The van der Waals surface area contributed by atoms with Crippen molar-refractivity contribution in [2.45, 2.75) is 50.7 Å². The van der Waals surface area contributed by atoms with Crippen molar-refractivity contribution in [3.05, 3.63) is 0 Å². The number of aliphatic hydroxyl groups excluding tert-OH is 1. The number of hydrogen-bond acceptors (Lipinski definition) is 4. The summed E-state index contributed by atoms with van der Waals surface area (Å²) in [5.74, 6) is -1.32. The van der Waals surface area contributed by atoms with Crippen LogP contribution in [-0.2, 0) is 15.0 Å². The summed E-state index contributed by atoms with van der Waals surface area (Å²) >= 11 is 0. The summed E-state index contributed by atoms with van der Waals surface area (Å²) in [6.45, 7) is 0.435. The van der Waals surface area contributed by atoms with Crippen LogP contribution in [0, 0.1) is 5.92 Å². The number of carbonyl (C=O) groups is 1. The van der Waals surface area contributed by atoms with Crippen LogP contribution in [-0.4, -0.2) is 54.1 Å². The summed E-state index contributed by atoms with van der Waals surface area (Å²) in [6, 6.07) is -0.425. The Morgan fingerprint density at radius 2 is 1.70 bits per heavy atom. The highest BCUT2D eigenvalue weighted by Crippen LogP contribution is 2.22. The minimum atomic E-state index is -3.63. The molecule has 1 aliphatic heterocycles. The number of aliphatic carboxylic acids is 1. The quantitative estimate of drug-likeness (QED) is 0.673. The number of carboxylic acids is 1. The van der Waals surface area contributed by atoms with Crippen LogP contribution in [0.3, 0.4) is 0 Å². The molecule has 0 aromatic rings. The van der Waals surface area contributed by atoms with Crippen LogP contribution in [0.15, 0.2) is 0 Å². The van der Waals surface area contributed by atoms with Crippen molar-refractivity contribution >= 4 is 16.2 Å². The first-order valence-corrected chi connectivity index (χ1v) is 8.52. The fraction of sp³-hybridized carbons (Fsp3) is 0.917. The first kappa shape index (κ1) is 15.7. The Hall–Kier alpha value is -0.700. The van der Waals surface area contributed by atoms with Gasteiger partial charge in [0, 0.05) is 19.1 Å². The van der Waals surface area contributed by atoms with Gasteiger partial charge in [0.25, 0.3) is 10.2 Å². The molecular weight excluding hydrogens is 284 g/mol. The molecule has 3 N–H and O–H groups in total. The third kappa shape index (κ3) is 3.69. The van der Waals surface area contributed by atoms with E-state index in [9.17, 15) is 18.3 Å². The van der Waals surface area contributed by atoms with E-state index in [0.717, 1.165) is 12.8 Å². The first-order chi connectivity index (χ1) is 9.40. The second kappa shape index (κ2) is 6.38. The van der Waals surface area contributed by atoms with Crippen LogP contribution in [0.2, 0.25) is 0 Å². The molecular formula is C12H22N2O5S. The minimum absolute atomic E-state index is 0.217. The average molecular weight is 306 g/mol. The molecule has 2 atom stereocenters. The predicted octanol–water partition coefficient (Wildman–Crippen LogP) is -0.0791. The molecule has 1 heterocycles. The molecule has 2 rings (SSSR count). The Labute approximate surface area is 119 Å². The highest BCUT2D eigenvalue weighted by molar-refractivity contribution is 7.87. The Morgan fingerprint density at radius 1 is 1.10 bits per heavy atom. The molecule has 0 aromatic carbocycles. The molecule has 2 aliphatic rings. The van der Waals surface area contributed by atoms with Gasteiger partial charge in [-0.05, 0) is 25.7 Å². The van der Waals surface area contributed by atoms with Crippen molar-refractivity contribution in [1.29, 1.82) is 0 Å². The van der Waals surface area contributed by atoms with Gasteiger partial charge < -0.3 is 10.2 Å². The van der Waals surface area contributed by atoms with Crippen LogP contribution >= 0.6 is 0 Å². The summed E-state index contributed by atoms with van der Waals surface area (Å²) in [4.78, 5) is 10.9. The van der Waals surface area contributed by atoms with E-state index < -0.39 is 34.2 Å². The van der Waals surface area contributed by atoms with Gasteiger partial charge in [-0.3, -0.25) is 4.79 Å². The molecule has 20 heavy (non-hydrogen) atoms. The highest BCUT2D eigenvalue weighted by atomic mass is 32.2. The van der Waals surface area contributed by atoms with Crippen LogP contribution in [0.1, 0.15) is 38.5 Å². The Morgan fingerprint density at radius 3 is 2.25 bits per heavy atom. The first-order valence-electron chi connectivity index (χ1n) is 7.08. The van der Waals surface area contributed by atoms with Gasteiger partial charge in [0.1, 0.15) is 0 Å². The highest BCUT2D eigenvalue weighted by Gasteiger charge is 2.34. The van der Waals surface area contributed by atoms with Crippen LogP contribution in [0.5, 0.6) is 0 Å². The van der Waals surface area contributed by atoms with E-state index in [1.807, 2.05) is 0 Å². The van der Waals surface area contributed by atoms with Crippen molar-refractivity contribution in [2.24, 2.45) is 5.92 Å². The average Bonchev–Trinajstić information content (AvgIpc) is 2.41. The zero-order chi connectivity index (χ0) is 14.8. The van der Waals surface area contributed by atoms with E-state index in [2.05, 4.69) is 4.72 Å². The van der Waals surface area contributed by atoms with Crippen molar-refractivity contribution in [1.82, 2.24) is 9.03 Å². The lowest BCUT2D eigenvalue weighted by Crippen LogP contribution is -2.52. The largest absolute Gasteiger partial charge is 0.481 e. The summed E-state index contributed by atoms with van der Waals surface area (Å²) < 4.78 is 28.3. The lowest BCUT2D eigenvalue weighted by Gasteiger charge is -2.33. The van der Waals surface area contributed by atoms with Gasteiger partial charge in [0.05, 0.1) is 12.0 Å². The molecule has 7 nitrogen and oxygen atoms in total. The fourth-order valence-electron chi connectivity index (χ4n) is 2.86. The van der Waals surface area contributed by atoms with Gasteiger partial charge in [-0.2, -0.15) is 17.4 Å². The third-order valence-electron chi connectivity index (χ3n) is 4.17. The maximum atomic E-state index is 12.2. The van der Waals surface area contributed by atoms with Gasteiger partial charge >= 0.3 is 5.97 Å². The van der Waals surface area contributed by atoms with E-state index in [-0.39, 0.29) is 13.1 Å². The van der Waals surface area contributed by atoms with Crippen molar-refractivity contribution in [2.75, 3.05) is 13.1 Å². The molecule has 116 valence electrons. The Balaban J connectivity index is 1.92. The standard InChI is InChI=1S/C12H22N2O5S/c15-11-4-2-1-3-10(11)13-20(18,19)14-7-5-9(6-8-14)12(16)17/h9-11,13,15H,1-8H2,(H,16,17). The molecule has 1 saturated carbocycles. The van der Waals surface area contributed by atoms with Gasteiger partial charge in [0.15, 0.2) is 0 Å². The van der Waals surface area contributed by atoms with E-state index in [0.29, 0.717) is 25.7 Å². The normalized spacial score (nSPS) is 30.2. The van der Waals surface area contributed by atoms with Crippen molar-refractivity contribution < 1.29 is 23.4 Å². The van der Waals surface area contributed by atoms with E-state index in [1.165, 1.54) is 4.31 Å². The zero-order valence-electron chi connectivity index (χ0n) is 11.4. The van der Waals surface area contributed by atoms with Crippen LogP contribution in [0.4, 0.5) is 0 Å². The second-order valence-corrected chi connectivity index (χ2v) is 7.29. The number of carboxylic acid groups (broad SMARTS) is 1. The number of nitrogens with zero attached hydrogens (tertiary/aromatic N) is 1. The minimum Gasteiger partial charge on any atom is -0.481 e. The van der Waals surface area contributed by atoms with Crippen molar-refractivity contribution in [3.63, 3.8) is 0 Å². The van der Waals surface area contributed by atoms with E-state index in [1.54, 1.807) is 0 Å². The van der Waals surface area contributed by atoms with Gasteiger partial charge in [-0.1, -0.05) is 12.8 Å². The molecule has 1 aliphatic carbocycles. The third-order valence-corrected chi connectivity index (χ3v) is 5.82. The topological polar surface area (TPSA) is 107 Å². The van der Waals surface area contributed by atoms with Crippen molar-refractivity contribution in [3.8, 4) is 0 Å². The van der Waals surface area contributed by atoms with Crippen LogP contribution < -0.4 is 4.72 Å². The molecule has 2 unspecified atom stereocenters. The predicted molar refractivity (Wildman–Crippen MR) is 72.3 cm³/mol. The maximum Gasteiger partial charge on any atom is 0.306 e. The summed E-state index contributed by atoms with van der Waals surface area (Å²) in [7, 11) is -3.63. The SMILES string of the molecule is O=C(O)C1CCN(S(=O)(=O)NC2CCCCC2O)CC1. The fourth-order valence-corrected chi connectivity index (χ4v) is 4.36. The molecule has 0 spiro atoms. The number of rotatable bonds is 4. The number of nitrogens with one attached hydrogen (secondary N) is 1. The smallest absolute Gasteiger partial charge is 0.306 e. The molecule has 8 heteroatoms. The summed E-state index contributed by atoms with van der Waals surface area (Å²) in [5, 5.41) is 18.7. The molecule has 0 bridgehead atoms. The lowest BCUT2D eigenvalue weighted by molar-refractivity contribution is -0.142. The second-order valence-electron chi connectivity index (χ2n) is 5.59. The molecule has 1 saturated heterocycles. The molecule has 2 fully saturated rings.